The SMILES string of the molecule is CCOC(=O)N(CC(CC)C(=O)OCC(=O)OC)C(=O)OCC. The number of methoxy groups -OCH3 is 1. The molecule has 0 saturated heterocycles. The van der Waals surface area contributed by atoms with Crippen molar-refractivity contribution in [3.63, 3.8) is 0 Å². The fraction of sp³-hybridized carbons (Fsp3) is 0.714. The largest absolute Gasteiger partial charge is 0.466 e. The van der Waals surface area contributed by atoms with Gasteiger partial charge in [-0.3, -0.25) is 4.79 Å². The van der Waals surface area contributed by atoms with Crippen LogP contribution in [0.25, 0.3) is 0 Å². The summed E-state index contributed by atoms with van der Waals surface area (Å²) in [6.45, 7) is 4.18. The molecule has 1 unspecified atom stereocenters. The fourth-order valence-corrected chi connectivity index (χ4v) is 1.52. The summed E-state index contributed by atoms with van der Waals surface area (Å²) >= 11 is 0. The van der Waals surface area contributed by atoms with Crippen LogP contribution in [0.15, 0.2) is 0 Å². The number of hydrogen-bond donors (Lipinski definition) is 0. The van der Waals surface area contributed by atoms with Crippen molar-refractivity contribution in [2.75, 3.05) is 33.5 Å². The standard InChI is InChI=1S/C14H23NO8/c1-5-10(12(17)23-9-11(16)20-4)8-15(13(18)21-6-2)14(19)22-7-3/h10H,5-9H2,1-4H3. The van der Waals surface area contributed by atoms with Crippen molar-refractivity contribution in [1.29, 1.82) is 0 Å². The maximum atomic E-state index is 11.9. The van der Waals surface area contributed by atoms with E-state index >= 15 is 0 Å². The first-order valence-corrected chi connectivity index (χ1v) is 7.25. The van der Waals surface area contributed by atoms with Gasteiger partial charge in [0.05, 0.1) is 26.2 Å². The van der Waals surface area contributed by atoms with Crippen LogP contribution in [0.5, 0.6) is 0 Å². The van der Waals surface area contributed by atoms with E-state index in [9.17, 15) is 19.2 Å². The zero-order valence-electron chi connectivity index (χ0n) is 13.8. The molecular weight excluding hydrogens is 310 g/mol. The summed E-state index contributed by atoms with van der Waals surface area (Å²) in [6, 6.07) is 0. The lowest BCUT2D eigenvalue weighted by Gasteiger charge is -2.23. The summed E-state index contributed by atoms with van der Waals surface area (Å²) in [5.74, 6) is -2.24. The zero-order valence-corrected chi connectivity index (χ0v) is 13.8. The Hall–Kier alpha value is -2.32. The Morgan fingerprint density at radius 1 is 0.913 bits per heavy atom. The topological polar surface area (TPSA) is 108 Å². The second-order valence-electron chi connectivity index (χ2n) is 4.30. The van der Waals surface area contributed by atoms with Crippen LogP contribution in [0.1, 0.15) is 27.2 Å². The van der Waals surface area contributed by atoms with Crippen LogP contribution >= 0.6 is 0 Å². The number of ether oxygens (including phenoxy) is 4. The average Bonchev–Trinajstić information content (AvgIpc) is 2.53. The highest BCUT2D eigenvalue weighted by Gasteiger charge is 2.31. The van der Waals surface area contributed by atoms with Gasteiger partial charge in [-0.1, -0.05) is 6.92 Å². The third-order valence-corrected chi connectivity index (χ3v) is 2.77. The van der Waals surface area contributed by atoms with Gasteiger partial charge in [0.2, 0.25) is 0 Å². The number of hydrogen-bond acceptors (Lipinski definition) is 8. The molecule has 0 fully saturated rings. The molecule has 0 bridgehead atoms. The third kappa shape index (κ3) is 7.48. The molecule has 1 atom stereocenters. The van der Waals surface area contributed by atoms with E-state index in [1.165, 1.54) is 0 Å². The van der Waals surface area contributed by atoms with Gasteiger partial charge in [-0.2, -0.15) is 0 Å². The van der Waals surface area contributed by atoms with Gasteiger partial charge in [0.1, 0.15) is 0 Å². The molecule has 0 spiro atoms. The van der Waals surface area contributed by atoms with Gasteiger partial charge in [0.25, 0.3) is 0 Å². The Bertz CT molecular complexity index is 405. The monoisotopic (exact) mass is 333 g/mol. The Morgan fingerprint density at radius 3 is 1.83 bits per heavy atom. The molecule has 0 rings (SSSR count). The van der Waals surface area contributed by atoms with E-state index in [1.54, 1.807) is 20.8 Å². The lowest BCUT2D eigenvalue weighted by Crippen LogP contribution is -2.43. The van der Waals surface area contributed by atoms with E-state index in [-0.39, 0.29) is 26.2 Å². The lowest BCUT2D eigenvalue weighted by molar-refractivity contribution is -0.160. The molecule has 0 N–H and O–H groups in total. The lowest BCUT2D eigenvalue weighted by atomic mass is 10.1. The van der Waals surface area contributed by atoms with E-state index in [4.69, 9.17) is 14.2 Å². The van der Waals surface area contributed by atoms with Crippen molar-refractivity contribution < 1.29 is 38.1 Å². The molecule has 0 saturated carbocycles. The molecule has 23 heavy (non-hydrogen) atoms. The summed E-state index contributed by atoms with van der Waals surface area (Å²) in [5, 5.41) is 0. The predicted octanol–water partition coefficient (Wildman–Crippen LogP) is 1.34. The van der Waals surface area contributed by atoms with Crippen LogP contribution in [0.4, 0.5) is 9.59 Å². The molecule has 0 aromatic rings. The second kappa shape index (κ2) is 11.3. The predicted molar refractivity (Wildman–Crippen MR) is 77.5 cm³/mol. The van der Waals surface area contributed by atoms with Crippen molar-refractivity contribution in [2.24, 2.45) is 5.92 Å². The highest BCUT2D eigenvalue weighted by atomic mass is 16.6. The molecular formula is C14H23NO8. The molecule has 132 valence electrons. The van der Waals surface area contributed by atoms with Gasteiger partial charge in [-0.25, -0.2) is 19.3 Å². The molecule has 0 aliphatic heterocycles. The highest BCUT2D eigenvalue weighted by Crippen LogP contribution is 2.11. The van der Waals surface area contributed by atoms with Gasteiger partial charge < -0.3 is 18.9 Å². The van der Waals surface area contributed by atoms with E-state index < -0.39 is 36.6 Å². The van der Waals surface area contributed by atoms with Gasteiger partial charge in [-0.15, -0.1) is 0 Å². The van der Waals surface area contributed by atoms with E-state index in [1.807, 2.05) is 0 Å². The van der Waals surface area contributed by atoms with Crippen LogP contribution in [-0.2, 0) is 28.5 Å². The number of imide groups is 1. The maximum Gasteiger partial charge on any atom is 0.419 e. The molecule has 0 radical (unpaired) electrons. The molecule has 0 heterocycles. The summed E-state index contributed by atoms with van der Waals surface area (Å²) < 4.78 is 18.7. The Labute approximate surface area is 134 Å². The van der Waals surface area contributed by atoms with Crippen molar-refractivity contribution in [1.82, 2.24) is 4.90 Å². The highest BCUT2D eigenvalue weighted by molar-refractivity contribution is 5.88. The number of rotatable bonds is 8. The normalized spacial score (nSPS) is 11.1. The van der Waals surface area contributed by atoms with Crippen LogP contribution in [0.2, 0.25) is 0 Å². The molecule has 0 aromatic carbocycles. The fourth-order valence-electron chi connectivity index (χ4n) is 1.52. The first-order valence-electron chi connectivity index (χ1n) is 7.25. The number of esters is 2. The van der Waals surface area contributed by atoms with Gasteiger partial charge in [0, 0.05) is 6.54 Å². The summed E-state index contributed by atoms with van der Waals surface area (Å²) in [7, 11) is 1.16. The van der Waals surface area contributed by atoms with Gasteiger partial charge in [-0.05, 0) is 20.3 Å². The summed E-state index contributed by atoms with van der Waals surface area (Å²) in [5.41, 5.74) is 0. The summed E-state index contributed by atoms with van der Waals surface area (Å²) in [6.07, 6.45) is -1.54. The van der Waals surface area contributed by atoms with Crippen molar-refractivity contribution >= 4 is 24.1 Å². The number of carbonyl (C=O) groups excluding carboxylic acids is 4. The van der Waals surface area contributed by atoms with Crippen molar-refractivity contribution in [3.8, 4) is 0 Å². The minimum Gasteiger partial charge on any atom is -0.466 e. The van der Waals surface area contributed by atoms with Crippen molar-refractivity contribution in [3.05, 3.63) is 0 Å². The van der Waals surface area contributed by atoms with Crippen LogP contribution < -0.4 is 0 Å². The average molecular weight is 333 g/mol. The Balaban J connectivity index is 4.89. The minimum atomic E-state index is -0.912. The third-order valence-electron chi connectivity index (χ3n) is 2.77. The molecule has 0 aliphatic rings. The first-order chi connectivity index (χ1) is 10.9. The Morgan fingerprint density at radius 2 is 1.43 bits per heavy atom. The number of carbonyl (C=O) groups is 4. The van der Waals surface area contributed by atoms with E-state index in [0.717, 1.165) is 7.11 Å². The maximum absolute atomic E-state index is 11.9. The number of amides is 2. The molecule has 0 aliphatic carbocycles. The molecule has 2 amide bonds. The molecule has 9 nitrogen and oxygen atoms in total. The number of nitrogens with zero attached hydrogens (tertiary/aromatic N) is 1. The van der Waals surface area contributed by atoms with Crippen LogP contribution in [-0.4, -0.2) is 62.5 Å². The smallest absolute Gasteiger partial charge is 0.419 e. The van der Waals surface area contributed by atoms with Crippen LogP contribution in [0.3, 0.4) is 0 Å². The summed E-state index contributed by atoms with van der Waals surface area (Å²) in [4.78, 5) is 47.2. The Kier molecular flexibility index (Phi) is 10.1. The molecule has 0 aromatic heterocycles. The van der Waals surface area contributed by atoms with Gasteiger partial charge >= 0.3 is 24.1 Å². The van der Waals surface area contributed by atoms with Crippen LogP contribution in [0, 0.1) is 5.92 Å². The van der Waals surface area contributed by atoms with Gasteiger partial charge in [0.15, 0.2) is 6.61 Å². The van der Waals surface area contributed by atoms with E-state index in [0.29, 0.717) is 4.90 Å². The first kappa shape index (κ1) is 20.7. The quantitative estimate of drug-likeness (QED) is 0.483. The zero-order chi connectivity index (χ0) is 17.8. The second-order valence-corrected chi connectivity index (χ2v) is 4.30. The molecule has 9 heteroatoms. The van der Waals surface area contributed by atoms with Crippen molar-refractivity contribution in [2.45, 2.75) is 27.2 Å². The van der Waals surface area contributed by atoms with E-state index in [2.05, 4.69) is 4.74 Å². The minimum absolute atomic E-state index is 0.0678.